The molecule has 76 valence electrons. The topological polar surface area (TPSA) is 83.5 Å². The lowest BCUT2D eigenvalue weighted by atomic mass is 9.98. The number of hydrogen-bond acceptors (Lipinski definition) is 3. The predicted molar refractivity (Wildman–Crippen MR) is 51.8 cm³/mol. The van der Waals surface area contributed by atoms with E-state index in [0.717, 1.165) is 5.56 Å². The molecule has 0 heterocycles. The van der Waals surface area contributed by atoms with Crippen molar-refractivity contribution in [2.24, 2.45) is 5.73 Å². The van der Waals surface area contributed by atoms with Crippen molar-refractivity contribution in [1.82, 2.24) is 0 Å². The number of rotatable bonds is 3. The molecule has 0 spiro atoms. The molecule has 0 aromatic heterocycles. The molecular weight excluding hydrogens is 182 g/mol. The molecule has 0 aliphatic heterocycles. The van der Waals surface area contributed by atoms with Crippen molar-refractivity contribution >= 4 is 5.97 Å². The molecule has 1 aromatic carbocycles. The molecule has 0 amide bonds. The summed E-state index contributed by atoms with van der Waals surface area (Å²) in [4.78, 5) is 10.5. The van der Waals surface area contributed by atoms with Crippen molar-refractivity contribution in [3.8, 4) is 0 Å². The molecule has 4 heteroatoms. The zero-order valence-corrected chi connectivity index (χ0v) is 7.84. The first-order valence-corrected chi connectivity index (χ1v) is 4.26. The molecule has 0 saturated carbocycles. The number of nitrogens with two attached hydrogens (primary N) is 1. The van der Waals surface area contributed by atoms with Crippen LogP contribution >= 0.6 is 0 Å². The Kier molecular flexibility index (Phi) is 3.22. The Bertz CT molecular complexity index is 338. The summed E-state index contributed by atoms with van der Waals surface area (Å²) in [5, 5.41) is 18.3. The van der Waals surface area contributed by atoms with Crippen molar-refractivity contribution in [2.75, 3.05) is 0 Å². The van der Waals surface area contributed by atoms with Gasteiger partial charge in [-0.15, -0.1) is 0 Å². The van der Waals surface area contributed by atoms with Crippen molar-refractivity contribution in [2.45, 2.75) is 19.1 Å². The molecule has 4 nitrogen and oxygen atoms in total. The Morgan fingerprint density at radius 1 is 1.43 bits per heavy atom. The number of aliphatic hydroxyl groups excluding tert-OH is 1. The van der Waals surface area contributed by atoms with Crippen LogP contribution in [0.1, 0.15) is 17.2 Å². The first-order valence-electron chi connectivity index (χ1n) is 4.26. The third-order valence-electron chi connectivity index (χ3n) is 2.13. The Morgan fingerprint density at radius 3 is 2.50 bits per heavy atom. The molecule has 1 rings (SSSR count). The summed E-state index contributed by atoms with van der Waals surface area (Å²) >= 11 is 0. The Balaban J connectivity index is 2.94. The fraction of sp³-hybridized carbons (Fsp3) is 0.300. The molecule has 14 heavy (non-hydrogen) atoms. The van der Waals surface area contributed by atoms with Gasteiger partial charge in [-0.05, 0) is 18.1 Å². The van der Waals surface area contributed by atoms with Crippen LogP contribution in [0, 0.1) is 6.92 Å². The highest BCUT2D eigenvalue weighted by Gasteiger charge is 2.24. The second-order valence-electron chi connectivity index (χ2n) is 3.17. The summed E-state index contributed by atoms with van der Waals surface area (Å²) in [5.41, 5.74) is 6.70. The van der Waals surface area contributed by atoms with Crippen LogP contribution in [0.25, 0.3) is 0 Å². The van der Waals surface area contributed by atoms with Crippen LogP contribution in [0.3, 0.4) is 0 Å². The minimum atomic E-state index is -1.28. The molecule has 2 atom stereocenters. The maximum absolute atomic E-state index is 10.5. The SMILES string of the molecule is Cc1ccccc1C(O)C(N)C(=O)O. The van der Waals surface area contributed by atoms with Gasteiger partial charge in [0, 0.05) is 0 Å². The van der Waals surface area contributed by atoms with Gasteiger partial charge in [0.25, 0.3) is 0 Å². The Morgan fingerprint density at radius 2 is 2.00 bits per heavy atom. The maximum atomic E-state index is 10.5. The van der Waals surface area contributed by atoms with Gasteiger partial charge in [0.2, 0.25) is 0 Å². The molecule has 0 aliphatic carbocycles. The minimum Gasteiger partial charge on any atom is -0.480 e. The van der Waals surface area contributed by atoms with E-state index in [1.807, 2.05) is 6.07 Å². The van der Waals surface area contributed by atoms with E-state index in [0.29, 0.717) is 5.56 Å². The second-order valence-corrected chi connectivity index (χ2v) is 3.17. The van der Waals surface area contributed by atoms with Gasteiger partial charge >= 0.3 is 5.97 Å². The number of aliphatic hydroxyl groups is 1. The third-order valence-corrected chi connectivity index (χ3v) is 2.13. The van der Waals surface area contributed by atoms with E-state index in [1.165, 1.54) is 0 Å². The van der Waals surface area contributed by atoms with Gasteiger partial charge in [-0.1, -0.05) is 24.3 Å². The fourth-order valence-corrected chi connectivity index (χ4v) is 1.25. The molecular formula is C10H13NO3. The molecule has 0 bridgehead atoms. The highest BCUT2D eigenvalue weighted by atomic mass is 16.4. The molecule has 0 saturated heterocycles. The van der Waals surface area contributed by atoms with Crippen LogP contribution in [0.4, 0.5) is 0 Å². The Hall–Kier alpha value is -1.39. The average Bonchev–Trinajstić information content (AvgIpc) is 2.16. The predicted octanol–water partition coefficient (Wildman–Crippen LogP) is 0.440. The van der Waals surface area contributed by atoms with E-state index in [9.17, 15) is 9.90 Å². The van der Waals surface area contributed by atoms with Crippen molar-refractivity contribution in [1.29, 1.82) is 0 Å². The zero-order valence-electron chi connectivity index (χ0n) is 7.84. The summed E-state index contributed by atoms with van der Waals surface area (Å²) in [6.45, 7) is 1.80. The molecule has 0 fully saturated rings. The lowest BCUT2D eigenvalue weighted by molar-refractivity contribution is -0.141. The van der Waals surface area contributed by atoms with E-state index < -0.39 is 18.1 Å². The molecule has 0 aliphatic rings. The number of aryl methyl sites for hydroxylation is 1. The number of benzene rings is 1. The van der Waals surface area contributed by atoms with Crippen molar-refractivity contribution < 1.29 is 15.0 Å². The van der Waals surface area contributed by atoms with Crippen molar-refractivity contribution in [3.63, 3.8) is 0 Å². The summed E-state index contributed by atoms with van der Waals surface area (Å²) in [6.07, 6.45) is -1.16. The van der Waals surface area contributed by atoms with Crippen LogP contribution in [0.2, 0.25) is 0 Å². The molecule has 0 radical (unpaired) electrons. The summed E-state index contributed by atoms with van der Waals surface area (Å²) in [5.74, 6) is -1.21. The second kappa shape index (κ2) is 4.21. The quantitative estimate of drug-likeness (QED) is 0.653. The van der Waals surface area contributed by atoms with Gasteiger partial charge in [0.1, 0.15) is 12.1 Å². The van der Waals surface area contributed by atoms with Crippen LogP contribution in [-0.4, -0.2) is 22.2 Å². The van der Waals surface area contributed by atoms with Crippen LogP contribution in [0.5, 0.6) is 0 Å². The fourth-order valence-electron chi connectivity index (χ4n) is 1.25. The summed E-state index contributed by atoms with van der Waals surface area (Å²) in [6, 6.07) is 5.74. The van der Waals surface area contributed by atoms with Crippen molar-refractivity contribution in [3.05, 3.63) is 35.4 Å². The standard InChI is InChI=1S/C10H13NO3/c1-6-4-2-3-5-7(6)9(12)8(11)10(13)14/h2-5,8-9,12H,11H2,1H3,(H,13,14). The first kappa shape index (κ1) is 10.7. The molecule has 1 aromatic rings. The van der Waals surface area contributed by atoms with Gasteiger partial charge in [-0.25, -0.2) is 0 Å². The minimum absolute atomic E-state index is 0.558. The van der Waals surface area contributed by atoms with E-state index in [1.54, 1.807) is 25.1 Å². The maximum Gasteiger partial charge on any atom is 0.323 e. The van der Waals surface area contributed by atoms with Crippen LogP contribution in [0.15, 0.2) is 24.3 Å². The van der Waals surface area contributed by atoms with E-state index in [4.69, 9.17) is 10.8 Å². The largest absolute Gasteiger partial charge is 0.480 e. The highest BCUT2D eigenvalue weighted by Crippen LogP contribution is 2.19. The number of aliphatic carboxylic acids is 1. The first-order chi connectivity index (χ1) is 6.54. The highest BCUT2D eigenvalue weighted by molar-refractivity contribution is 5.74. The third kappa shape index (κ3) is 2.10. The van der Waals surface area contributed by atoms with E-state index in [2.05, 4.69) is 0 Å². The number of carboxylic acid groups (broad SMARTS) is 1. The van der Waals surface area contributed by atoms with Crippen LogP contribution < -0.4 is 5.73 Å². The Labute approximate surface area is 82.0 Å². The lowest BCUT2D eigenvalue weighted by Crippen LogP contribution is -2.36. The van der Waals surface area contributed by atoms with E-state index in [-0.39, 0.29) is 0 Å². The summed E-state index contributed by atoms with van der Waals surface area (Å²) < 4.78 is 0. The molecule has 2 unspecified atom stereocenters. The zero-order chi connectivity index (χ0) is 10.7. The van der Waals surface area contributed by atoms with Gasteiger partial charge in [0.15, 0.2) is 0 Å². The van der Waals surface area contributed by atoms with Gasteiger partial charge in [-0.2, -0.15) is 0 Å². The molecule has 4 N–H and O–H groups in total. The van der Waals surface area contributed by atoms with E-state index >= 15 is 0 Å². The van der Waals surface area contributed by atoms with Gasteiger partial charge in [0.05, 0.1) is 0 Å². The van der Waals surface area contributed by atoms with Gasteiger partial charge in [-0.3, -0.25) is 4.79 Å². The van der Waals surface area contributed by atoms with Gasteiger partial charge < -0.3 is 15.9 Å². The number of carboxylic acids is 1. The number of hydrogen-bond donors (Lipinski definition) is 3. The number of carbonyl (C=O) groups is 1. The monoisotopic (exact) mass is 195 g/mol. The summed E-state index contributed by atoms with van der Waals surface area (Å²) in [7, 11) is 0. The van der Waals surface area contributed by atoms with Crippen LogP contribution in [-0.2, 0) is 4.79 Å². The lowest BCUT2D eigenvalue weighted by Gasteiger charge is -2.16. The smallest absolute Gasteiger partial charge is 0.323 e. The normalized spacial score (nSPS) is 14.8. The average molecular weight is 195 g/mol.